The fraction of sp³-hybridized carbons (Fsp3) is 0.160. The van der Waals surface area contributed by atoms with Gasteiger partial charge in [0.2, 0.25) is 5.91 Å². The van der Waals surface area contributed by atoms with Crippen molar-refractivity contribution < 1.29 is 4.79 Å². The molecule has 3 heterocycles. The van der Waals surface area contributed by atoms with Crippen molar-refractivity contribution in [3.8, 4) is 17.2 Å². The van der Waals surface area contributed by atoms with E-state index < -0.39 is 11.5 Å². The van der Waals surface area contributed by atoms with Crippen LogP contribution in [0.1, 0.15) is 28.8 Å². The minimum atomic E-state index is -0.840. The van der Waals surface area contributed by atoms with E-state index in [-0.39, 0.29) is 11.9 Å². The maximum atomic E-state index is 13.5. The first-order chi connectivity index (χ1) is 15.4. The smallest absolute Gasteiger partial charge is 0.239 e. The molecular formula is C25H20N4OS2. The van der Waals surface area contributed by atoms with E-state index in [1.165, 1.54) is 9.60 Å². The first-order valence-corrected chi connectivity index (χ1v) is 11.9. The van der Waals surface area contributed by atoms with Crippen LogP contribution in [0.4, 0.5) is 0 Å². The van der Waals surface area contributed by atoms with Crippen LogP contribution in [-0.2, 0) is 10.3 Å². The number of guanidine groups is 1. The number of benzene rings is 2. The Kier molecular flexibility index (Phi) is 4.85. The van der Waals surface area contributed by atoms with Crippen LogP contribution >= 0.6 is 22.7 Å². The van der Waals surface area contributed by atoms with Crippen LogP contribution in [0.3, 0.4) is 0 Å². The van der Waals surface area contributed by atoms with Gasteiger partial charge in [-0.2, -0.15) is 5.26 Å². The molecule has 32 heavy (non-hydrogen) atoms. The van der Waals surface area contributed by atoms with Gasteiger partial charge in [0.1, 0.15) is 5.54 Å². The van der Waals surface area contributed by atoms with Crippen LogP contribution in [-0.4, -0.2) is 23.8 Å². The topological polar surface area (TPSA) is 82.5 Å². The summed E-state index contributed by atoms with van der Waals surface area (Å²) in [4.78, 5) is 20.7. The van der Waals surface area contributed by atoms with Gasteiger partial charge in [-0.15, -0.1) is 22.7 Å². The molecule has 0 bridgehead atoms. The fourth-order valence-corrected chi connectivity index (χ4v) is 6.10. The molecule has 5 rings (SSSR count). The molecule has 7 heteroatoms. The Morgan fingerprint density at radius 2 is 1.97 bits per heavy atom. The van der Waals surface area contributed by atoms with Crippen molar-refractivity contribution in [1.82, 2.24) is 4.90 Å². The lowest BCUT2D eigenvalue weighted by atomic mass is 9.77. The molecule has 1 amide bonds. The Balaban J connectivity index is 1.64. The number of nitrogens with two attached hydrogens (primary N) is 1. The Bertz CT molecular complexity index is 1430. The maximum Gasteiger partial charge on any atom is 0.239 e. The Morgan fingerprint density at radius 3 is 2.78 bits per heavy atom. The number of carbonyl (C=O) groups excluding carboxylic acids is 1. The number of nitriles is 1. The minimum Gasteiger partial charge on any atom is -0.369 e. The normalized spacial score (nSPS) is 20.9. The molecular weight excluding hydrogens is 436 g/mol. The van der Waals surface area contributed by atoms with Gasteiger partial charge in [0.25, 0.3) is 0 Å². The van der Waals surface area contributed by atoms with Gasteiger partial charge in [-0.25, -0.2) is 4.99 Å². The van der Waals surface area contributed by atoms with Crippen LogP contribution in [0.2, 0.25) is 0 Å². The van der Waals surface area contributed by atoms with E-state index >= 15 is 0 Å². The lowest BCUT2D eigenvalue weighted by molar-refractivity contribution is -0.130. The van der Waals surface area contributed by atoms with Gasteiger partial charge in [0, 0.05) is 16.6 Å². The molecule has 0 spiro atoms. The minimum absolute atomic E-state index is 0.0731. The fourth-order valence-electron chi connectivity index (χ4n) is 4.27. The number of aliphatic imine (C=N–C) groups is 1. The van der Waals surface area contributed by atoms with E-state index in [1.54, 1.807) is 35.8 Å². The molecule has 0 fully saturated rings. The third-order valence-corrected chi connectivity index (χ3v) is 8.12. The Labute approximate surface area is 194 Å². The lowest BCUT2D eigenvalue weighted by Crippen LogP contribution is -2.52. The number of likely N-dealkylation sites (N-methyl/N-ethyl adjacent to an activating group) is 1. The summed E-state index contributed by atoms with van der Waals surface area (Å²) in [6, 6.07) is 20.0. The van der Waals surface area contributed by atoms with Crippen LogP contribution < -0.4 is 5.73 Å². The summed E-state index contributed by atoms with van der Waals surface area (Å²) in [6.45, 7) is 1.98. The van der Waals surface area contributed by atoms with Crippen molar-refractivity contribution in [2.45, 2.75) is 18.4 Å². The first-order valence-electron chi connectivity index (χ1n) is 10.1. The van der Waals surface area contributed by atoms with E-state index in [1.807, 2.05) is 36.6 Å². The molecule has 0 saturated heterocycles. The van der Waals surface area contributed by atoms with Gasteiger partial charge in [0.05, 0.1) is 17.6 Å². The number of fused-ring (bicyclic) bond motifs is 1. The molecule has 5 nitrogen and oxygen atoms in total. The van der Waals surface area contributed by atoms with E-state index in [4.69, 9.17) is 10.7 Å². The van der Waals surface area contributed by atoms with Crippen LogP contribution in [0.25, 0.3) is 21.2 Å². The van der Waals surface area contributed by atoms with E-state index in [2.05, 4.69) is 35.7 Å². The molecule has 2 unspecified atom stereocenters. The molecule has 158 valence electrons. The zero-order chi connectivity index (χ0) is 22.5. The van der Waals surface area contributed by atoms with Gasteiger partial charge in [0.15, 0.2) is 5.96 Å². The third-order valence-electron chi connectivity index (χ3n) is 6.06. The SMILES string of the molecule is CN1C(=O)C(c2ccc3sccc3c2)C(C)(c2cc(-c3cccc(C#N)c3)cs2)N=C1N. The summed E-state index contributed by atoms with van der Waals surface area (Å²) in [7, 11) is 1.67. The van der Waals surface area contributed by atoms with Crippen molar-refractivity contribution in [3.63, 3.8) is 0 Å². The average Bonchev–Trinajstić information content (AvgIpc) is 3.47. The molecule has 1 aliphatic heterocycles. The first kappa shape index (κ1) is 20.4. The largest absolute Gasteiger partial charge is 0.369 e. The molecule has 0 saturated carbocycles. The average molecular weight is 457 g/mol. The molecule has 2 aromatic carbocycles. The van der Waals surface area contributed by atoms with Gasteiger partial charge in [-0.3, -0.25) is 9.69 Å². The number of hydrogen-bond donors (Lipinski definition) is 1. The second kappa shape index (κ2) is 7.59. The second-order valence-corrected chi connectivity index (χ2v) is 9.92. The summed E-state index contributed by atoms with van der Waals surface area (Å²) in [5.74, 6) is -0.358. The number of nitrogens with zero attached hydrogens (tertiary/aromatic N) is 3. The summed E-state index contributed by atoms with van der Waals surface area (Å²) in [5.41, 5.74) is 8.83. The van der Waals surface area contributed by atoms with Gasteiger partial charge >= 0.3 is 0 Å². The zero-order valence-electron chi connectivity index (χ0n) is 17.6. The highest BCUT2D eigenvalue weighted by Crippen LogP contribution is 2.47. The van der Waals surface area contributed by atoms with Crippen molar-refractivity contribution in [1.29, 1.82) is 5.26 Å². The molecule has 4 aromatic rings. The Hall–Kier alpha value is -3.47. The van der Waals surface area contributed by atoms with Crippen molar-refractivity contribution >= 4 is 44.6 Å². The van der Waals surface area contributed by atoms with Crippen molar-refractivity contribution in [2.24, 2.45) is 10.7 Å². The standard InChI is InChI=1S/C25H20N4OS2/c1-25(21-12-19(14-32-21)16-5-3-4-15(10-16)13-26)22(23(30)29(2)24(27)28-25)18-6-7-20-17(11-18)8-9-31-20/h3-12,14,22H,1-2H3,(H2,27,28). The lowest BCUT2D eigenvalue weighted by Gasteiger charge is -2.40. The van der Waals surface area contributed by atoms with Crippen LogP contribution in [0, 0.1) is 11.3 Å². The third kappa shape index (κ3) is 3.20. The van der Waals surface area contributed by atoms with Crippen molar-refractivity contribution in [2.75, 3.05) is 7.05 Å². The summed E-state index contributed by atoms with van der Waals surface area (Å²) < 4.78 is 1.19. The number of thiophene rings is 2. The van der Waals surface area contributed by atoms with Crippen molar-refractivity contribution in [3.05, 3.63) is 81.4 Å². The van der Waals surface area contributed by atoms with E-state index in [0.29, 0.717) is 5.56 Å². The molecule has 2 N–H and O–H groups in total. The van der Waals surface area contributed by atoms with E-state index in [9.17, 15) is 10.1 Å². The number of rotatable bonds is 3. The monoisotopic (exact) mass is 456 g/mol. The van der Waals surface area contributed by atoms with Crippen LogP contribution in [0.5, 0.6) is 0 Å². The molecule has 2 atom stereocenters. The van der Waals surface area contributed by atoms with E-state index in [0.717, 1.165) is 27.0 Å². The zero-order valence-corrected chi connectivity index (χ0v) is 19.2. The number of carbonyl (C=O) groups is 1. The Morgan fingerprint density at radius 1 is 1.12 bits per heavy atom. The molecule has 0 radical (unpaired) electrons. The molecule has 0 aliphatic carbocycles. The second-order valence-electron chi connectivity index (χ2n) is 8.06. The van der Waals surface area contributed by atoms with Gasteiger partial charge < -0.3 is 5.73 Å². The molecule has 1 aliphatic rings. The maximum absolute atomic E-state index is 13.5. The number of hydrogen-bond acceptors (Lipinski definition) is 6. The summed E-state index contributed by atoms with van der Waals surface area (Å²) in [6.07, 6.45) is 0. The quantitative estimate of drug-likeness (QED) is 0.455. The highest BCUT2D eigenvalue weighted by molar-refractivity contribution is 7.17. The van der Waals surface area contributed by atoms with Gasteiger partial charge in [-0.05, 0) is 76.2 Å². The summed E-state index contributed by atoms with van der Waals surface area (Å²) >= 11 is 3.24. The number of amides is 1. The van der Waals surface area contributed by atoms with Gasteiger partial charge in [-0.1, -0.05) is 18.2 Å². The summed E-state index contributed by atoms with van der Waals surface area (Å²) in [5, 5.41) is 14.5. The predicted octanol–water partition coefficient (Wildman–Crippen LogP) is 5.29. The van der Waals surface area contributed by atoms with Crippen LogP contribution in [0.15, 0.2) is 70.3 Å². The highest BCUT2D eigenvalue weighted by Gasteiger charge is 2.48. The molecule has 2 aromatic heterocycles. The highest BCUT2D eigenvalue weighted by atomic mass is 32.1. The predicted molar refractivity (Wildman–Crippen MR) is 131 cm³/mol.